The number of hydrogen-bond acceptors (Lipinski definition) is 4. The predicted molar refractivity (Wildman–Crippen MR) is 61.3 cm³/mol. The Bertz CT molecular complexity index is 319. The lowest BCUT2D eigenvalue weighted by Crippen LogP contribution is -2.36. The molecule has 1 saturated heterocycles. The summed E-state index contributed by atoms with van der Waals surface area (Å²) in [5, 5.41) is 21.6. The molecule has 2 heterocycles. The number of pyridine rings is 1. The summed E-state index contributed by atoms with van der Waals surface area (Å²) in [4.78, 5) is 4.20. The standard InChI is InChI=1S/C9H13BN2O2.ClH/c13-10(14)7-3-1-6-12-9(7)8-4-2-5-11-8;/h1,3,6,8,11,13-14H,2,4-5H2;1H. The van der Waals surface area contributed by atoms with Crippen LogP contribution < -0.4 is 10.8 Å². The predicted octanol–water partition coefficient (Wildman–Crippen LogP) is -0.392. The van der Waals surface area contributed by atoms with Gasteiger partial charge in [-0.15, -0.1) is 12.4 Å². The quantitative estimate of drug-likeness (QED) is 0.603. The minimum atomic E-state index is -1.43. The Morgan fingerprint density at radius 3 is 2.87 bits per heavy atom. The lowest BCUT2D eigenvalue weighted by atomic mass is 9.77. The van der Waals surface area contributed by atoms with Gasteiger partial charge in [-0.3, -0.25) is 4.98 Å². The lowest BCUT2D eigenvalue weighted by molar-refractivity contribution is 0.424. The molecule has 1 aliphatic rings. The zero-order chi connectivity index (χ0) is 9.97. The highest BCUT2D eigenvalue weighted by Crippen LogP contribution is 2.19. The smallest absolute Gasteiger partial charge is 0.423 e. The van der Waals surface area contributed by atoms with Crippen molar-refractivity contribution in [2.75, 3.05) is 6.54 Å². The number of nitrogens with one attached hydrogen (secondary N) is 1. The van der Waals surface area contributed by atoms with Crippen molar-refractivity contribution >= 4 is 25.0 Å². The van der Waals surface area contributed by atoms with Gasteiger partial charge < -0.3 is 15.4 Å². The first-order valence-electron chi connectivity index (χ1n) is 4.83. The monoisotopic (exact) mass is 228 g/mol. The largest absolute Gasteiger partial charge is 0.490 e. The van der Waals surface area contributed by atoms with Gasteiger partial charge in [0.05, 0.1) is 5.69 Å². The Morgan fingerprint density at radius 2 is 2.27 bits per heavy atom. The molecule has 1 aromatic rings. The van der Waals surface area contributed by atoms with Gasteiger partial charge >= 0.3 is 7.12 Å². The molecule has 0 aliphatic carbocycles. The second-order valence-electron chi connectivity index (χ2n) is 3.50. The van der Waals surface area contributed by atoms with Crippen molar-refractivity contribution in [2.45, 2.75) is 18.9 Å². The van der Waals surface area contributed by atoms with Gasteiger partial charge in [0.1, 0.15) is 0 Å². The highest BCUT2D eigenvalue weighted by Gasteiger charge is 2.24. The summed E-state index contributed by atoms with van der Waals surface area (Å²) in [5.74, 6) is 0. The Balaban J connectivity index is 0.00000112. The van der Waals surface area contributed by atoms with E-state index >= 15 is 0 Å². The van der Waals surface area contributed by atoms with Crippen LogP contribution in [0.2, 0.25) is 0 Å². The highest BCUT2D eigenvalue weighted by molar-refractivity contribution is 6.59. The van der Waals surface area contributed by atoms with Crippen LogP contribution in [0, 0.1) is 0 Å². The Kier molecular flexibility index (Phi) is 4.54. The molecule has 0 bridgehead atoms. The van der Waals surface area contributed by atoms with E-state index in [0.29, 0.717) is 5.46 Å². The van der Waals surface area contributed by atoms with Crippen LogP contribution in [-0.4, -0.2) is 28.7 Å². The van der Waals surface area contributed by atoms with Crippen LogP contribution in [0.3, 0.4) is 0 Å². The van der Waals surface area contributed by atoms with Crippen molar-refractivity contribution in [3.63, 3.8) is 0 Å². The maximum Gasteiger partial charge on any atom is 0.490 e. The molecule has 2 rings (SSSR count). The minimum Gasteiger partial charge on any atom is -0.423 e. The molecule has 1 unspecified atom stereocenters. The topological polar surface area (TPSA) is 65.4 Å². The third-order valence-electron chi connectivity index (χ3n) is 2.54. The van der Waals surface area contributed by atoms with Crippen molar-refractivity contribution in [3.8, 4) is 0 Å². The summed E-state index contributed by atoms with van der Waals surface area (Å²) >= 11 is 0. The maximum atomic E-state index is 9.15. The normalized spacial score (nSPS) is 19.7. The Morgan fingerprint density at radius 1 is 1.47 bits per heavy atom. The number of rotatable bonds is 2. The fraction of sp³-hybridized carbons (Fsp3) is 0.444. The van der Waals surface area contributed by atoms with Crippen LogP contribution in [0.5, 0.6) is 0 Å². The van der Waals surface area contributed by atoms with Crippen LogP contribution in [-0.2, 0) is 0 Å². The number of halogens is 1. The van der Waals surface area contributed by atoms with Gasteiger partial charge in [-0.1, -0.05) is 6.07 Å². The van der Waals surface area contributed by atoms with Gasteiger partial charge in [0, 0.05) is 17.7 Å². The van der Waals surface area contributed by atoms with Crippen molar-refractivity contribution in [2.24, 2.45) is 0 Å². The van der Waals surface area contributed by atoms with Crippen LogP contribution >= 0.6 is 12.4 Å². The average molecular weight is 228 g/mol. The SMILES string of the molecule is Cl.OB(O)c1cccnc1C1CCCN1. The third kappa shape index (κ3) is 2.69. The van der Waals surface area contributed by atoms with Crippen molar-refractivity contribution in [3.05, 3.63) is 24.0 Å². The number of aromatic nitrogens is 1. The highest BCUT2D eigenvalue weighted by atomic mass is 35.5. The molecule has 4 nitrogen and oxygen atoms in total. The first-order valence-corrected chi connectivity index (χ1v) is 4.83. The van der Waals surface area contributed by atoms with Gasteiger partial charge in [-0.05, 0) is 25.5 Å². The molecule has 1 aliphatic heterocycles. The Labute approximate surface area is 95.3 Å². The van der Waals surface area contributed by atoms with Crippen molar-refractivity contribution in [1.82, 2.24) is 10.3 Å². The molecule has 3 N–H and O–H groups in total. The summed E-state index contributed by atoms with van der Waals surface area (Å²) < 4.78 is 0. The van der Waals surface area contributed by atoms with Gasteiger partial charge in [0.15, 0.2) is 0 Å². The van der Waals surface area contributed by atoms with Gasteiger partial charge in [0.2, 0.25) is 0 Å². The van der Waals surface area contributed by atoms with E-state index < -0.39 is 7.12 Å². The first kappa shape index (κ1) is 12.5. The molecule has 0 aromatic carbocycles. The van der Waals surface area contributed by atoms with E-state index in [1.807, 2.05) is 0 Å². The van der Waals surface area contributed by atoms with E-state index in [4.69, 9.17) is 10.0 Å². The molecule has 6 heteroatoms. The zero-order valence-corrected chi connectivity index (χ0v) is 9.07. The molecular weight excluding hydrogens is 214 g/mol. The van der Waals surface area contributed by atoms with Crippen molar-refractivity contribution < 1.29 is 10.0 Å². The number of nitrogens with zero attached hydrogens (tertiary/aromatic N) is 1. The molecule has 0 radical (unpaired) electrons. The molecule has 0 amide bonds. The van der Waals surface area contributed by atoms with Gasteiger partial charge in [-0.2, -0.15) is 0 Å². The minimum absolute atomic E-state index is 0. The van der Waals surface area contributed by atoms with Crippen LogP contribution in [0.15, 0.2) is 18.3 Å². The van der Waals surface area contributed by atoms with Crippen molar-refractivity contribution in [1.29, 1.82) is 0 Å². The van der Waals surface area contributed by atoms with Crippen LogP contribution in [0.25, 0.3) is 0 Å². The molecule has 82 valence electrons. The van der Waals surface area contributed by atoms with E-state index in [2.05, 4.69) is 10.3 Å². The van der Waals surface area contributed by atoms with Gasteiger partial charge in [-0.25, -0.2) is 0 Å². The van der Waals surface area contributed by atoms with E-state index in [9.17, 15) is 0 Å². The second kappa shape index (κ2) is 5.46. The average Bonchev–Trinajstić information content (AvgIpc) is 2.70. The van der Waals surface area contributed by atoms with Crippen LogP contribution in [0.4, 0.5) is 0 Å². The fourth-order valence-corrected chi connectivity index (χ4v) is 1.86. The maximum absolute atomic E-state index is 9.15. The number of hydrogen-bond donors (Lipinski definition) is 3. The molecular formula is C9H14BClN2O2. The zero-order valence-electron chi connectivity index (χ0n) is 8.26. The Hall–Kier alpha value is -0.615. The van der Waals surface area contributed by atoms with E-state index in [1.54, 1.807) is 18.3 Å². The van der Waals surface area contributed by atoms with E-state index in [-0.39, 0.29) is 18.4 Å². The summed E-state index contributed by atoms with van der Waals surface area (Å²) in [5.41, 5.74) is 1.27. The fourth-order valence-electron chi connectivity index (χ4n) is 1.86. The molecule has 1 atom stereocenters. The first-order chi connectivity index (χ1) is 6.79. The van der Waals surface area contributed by atoms with Crippen LogP contribution in [0.1, 0.15) is 24.6 Å². The molecule has 1 aromatic heterocycles. The molecule has 15 heavy (non-hydrogen) atoms. The van der Waals surface area contributed by atoms with Gasteiger partial charge in [0.25, 0.3) is 0 Å². The van der Waals surface area contributed by atoms with E-state index in [0.717, 1.165) is 25.1 Å². The second-order valence-corrected chi connectivity index (χ2v) is 3.50. The molecule has 0 spiro atoms. The molecule has 0 saturated carbocycles. The van der Waals surface area contributed by atoms with E-state index in [1.165, 1.54) is 0 Å². The lowest BCUT2D eigenvalue weighted by Gasteiger charge is -2.13. The summed E-state index contributed by atoms with van der Waals surface area (Å²) in [6.07, 6.45) is 3.81. The summed E-state index contributed by atoms with van der Waals surface area (Å²) in [6, 6.07) is 3.59. The third-order valence-corrected chi connectivity index (χ3v) is 2.54. The molecule has 1 fully saturated rings. The summed E-state index contributed by atoms with van der Waals surface area (Å²) in [6.45, 7) is 0.974. The summed E-state index contributed by atoms with van der Waals surface area (Å²) in [7, 11) is -1.43.